The third-order valence-electron chi connectivity index (χ3n) is 2.62. The molecule has 0 saturated heterocycles. The zero-order chi connectivity index (χ0) is 12.6. The molecule has 0 aliphatic rings. The Hall–Kier alpha value is -0.870. The van der Waals surface area contributed by atoms with E-state index in [-0.39, 0.29) is 18.6 Å². The number of carboxylic acid groups (broad SMARTS) is 1. The fourth-order valence-electron chi connectivity index (χ4n) is 1.27. The summed E-state index contributed by atoms with van der Waals surface area (Å²) in [4.78, 5) is 10.8. The van der Waals surface area contributed by atoms with E-state index in [1.807, 2.05) is 19.9 Å². The van der Waals surface area contributed by atoms with Crippen molar-refractivity contribution in [2.75, 3.05) is 20.5 Å². The van der Waals surface area contributed by atoms with Crippen molar-refractivity contribution >= 4 is 5.97 Å². The van der Waals surface area contributed by atoms with Crippen LogP contribution in [-0.4, -0.2) is 31.6 Å². The standard InChI is InChI=1S/C12H22O4/c1-5-11(7-16-8-15-4)6-9(2)10(3)12(13)14/h6,9-10H,5,7-8H2,1-4H3,(H,13,14)/b11-6+. The molecule has 4 heteroatoms. The Morgan fingerprint density at radius 1 is 1.44 bits per heavy atom. The molecule has 0 saturated carbocycles. The first-order chi connectivity index (χ1) is 7.52. The molecule has 0 bridgehead atoms. The predicted molar refractivity (Wildman–Crippen MR) is 62.2 cm³/mol. The van der Waals surface area contributed by atoms with E-state index in [1.54, 1.807) is 14.0 Å². The van der Waals surface area contributed by atoms with Gasteiger partial charge in [0.1, 0.15) is 6.79 Å². The van der Waals surface area contributed by atoms with Crippen LogP contribution in [0.25, 0.3) is 0 Å². The van der Waals surface area contributed by atoms with Crippen molar-refractivity contribution < 1.29 is 19.4 Å². The van der Waals surface area contributed by atoms with E-state index in [9.17, 15) is 4.79 Å². The summed E-state index contributed by atoms with van der Waals surface area (Å²) in [5.74, 6) is -1.13. The van der Waals surface area contributed by atoms with Crippen molar-refractivity contribution in [2.45, 2.75) is 27.2 Å². The molecule has 1 N–H and O–H groups in total. The van der Waals surface area contributed by atoms with E-state index >= 15 is 0 Å². The maximum absolute atomic E-state index is 10.8. The van der Waals surface area contributed by atoms with Gasteiger partial charge in [-0.15, -0.1) is 0 Å². The molecule has 0 aromatic carbocycles. The molecule has 4 nitrogen and oxygen atoms in total. The Bertz CT molecular complexity index is 235. The Balaban J connectivity index is 4.26. The highest BCUT2D eigenvalue weighted by atomic mass is 16.7. The molecular formula is C12H22O4. The van der Waals surface area contributed by atoms with Gasteiger partial charge in [-0.2, -0.15) is 0 Å². The van der Waals surface area contributed by atoms with Crippen LogP contribution >= 0.6 is 0 Å². The molecule has 0 amide bonds. The molecule has 2 atom stereocenters. The minimum atomic E-state index is -0.767. The molecule has 94 valence electrons. The summed E-state index contributed by atoms with van der Waals surface area (Å²) in [5, 5.41) is 8.87. The number of ether oxygens (including phenoxy) is 2. The number of hydrogen-bond acceptors (Lipinski definition) is 3. The number of carbonyl (C=O) groups is 1. The van der Waals surface area contributed by atoms with Crippen molar-refractivity contribution in [3.63, 3.8) is 0 Å². The molecule has 0 aliphatic heterocycles. The van der Waals surface area contributed by atoms with E-state index < -0.39 is 5.97 Å². The lowest BCUT2D eigenvalue weighted by molar-refractivity contribution is -0.142. The minimum Gasteiger partial charge on any atom is -0.481 e. The molecule has 0 aromatic rings. The van der Waals surface area contributed by atoms with Gasteiger partial charge in [-0.3, -0.25) is 4.79 Å². The van der Waals surface area contributed by atoms with Crippen LogP contribution in [-0.2, 0) is 14.3 Å². The average Bonchev–Trinajstić information content (AvgIpc) is 2.26. The Kier molecular flexibility index (Phi) is 7.85. The van der Waals surface area contributed by atoms with Crippen LogP contribution in [0.15, 0.2) is 11.6 Å². The SMILES string of the molecule is CC/C(=C\C(C)C(C)C(=O)O)COCOC. The van der Waals surface area contributed by atoms with Crippen LogP contribution in [0.3, 0.4) is 0 Å². The number of carboxylic acids is 1. The third kappa shape index (κ3) is 5.88. The molecule has 0 rings (SSSR count). The lowest BCUT2D eigenvalue weighted by atomic mass is 9.93. The van der Waals surface area contributed by atoms with Gasteiger partial charge in [-0.05, 0) is 17.9 Å². The molecule has 0 radical (unpaired) electrons. The zero-order valence-electron chi connectivity index (χ0n) is 10.5. The summed E-state index contributed by atoms with van der Waals surface area (Å²) in [7, 11) is 1.57. The lowest BCUT2D eigenvalue weighted by Crippen LogP contribution is -2.17. The predicted octanol–water partition coefficient (Wildman–Crippen LogP) is 2.30. The number of aliphatic carboxylic acids is 1. The fourth-order valence-corrected chi connectivity index (χ4v) is 1.27. The van der Waals surface area contributed by atoms with Gasteiger partial charge in [0.25, 0.3) is 0 Å². The van der Waals surface area contributed by atoms with Crippen LogP contribution < -0.4 is 0 Å². The van der Waals surface area contributed by atoms with Crippen LogP contribution in [0.1, 0.15) is 27.2 Å². The van der Waals surface area contributed by atoms with E-state index in [0.29, 0.717) is 6.61 Å². The number of methoxy groups -OCH3 is 1. The number of allylic oxidation sites excluding steroid dienone is 1. The summed E-state index contributed by atoms with van der Waals surface area (Å²) >= 11 is 0. The molecular weight excluding hydrogens is 208 g/mol. The van der Waals surface area contributed by atoms with Crippen molar-refractivity contribution in [1.82, 2.24) is 0 Å². The zero-order valence-corrected chi connectivity index (χ0v) is 10.5. The van der Waals surface area contributed by atoms with Crippen molar-refractivity contribution in [3.05, 3.63) is 11.6 Å². The van der Waals surface area contributed by atoms with Gasteiger partial charge < -0.3 is 14.6 Å². The van der Waals surface area contributed by atoms with Crippen molar-refractivity contribution in [1.29, 1.82) is 0 Å². The van der Waals surface area contributed by atoms with E-state index in [1.165, 1.54) is 0 Å². The molecule has 0 fully saturated rings. The van der Waals surface area contributed by atoms with Crippen molar-refractivity contribution in [3.8, 4) is 0 Å². The Labute approximate surface area is 97.2 Å². The van der Waals surface area contributed by atoms with E-state index in [4.69, 9.17) is 14.6 Å². The number of hydrogen-bond donors (Lipinski definition) is 1. The summed E-state index contributed by atoms with van der Waals surface area (Å²) < 4.78 is 10.0. The van der Waals surface area contributed by atoms with E-state index in [2.05, 4.69) is 0 Å². The quantitative estimate of drug-likeness (QED) is 0.395. The minimum absolute atomic E-state index is 0.0126. The van der Waals surface area contributed by atoms with Crippen LogP contribution in [0.4, 0.5) is 0 Å². The summed E-state index contributed by atoms with van der Waals surface area (Å²) in [6, 6.07) is 0. The highest BCUT2D eigenvalue weighted by Crippen LogP contribution is 2.16. The smallest absolute Gasteiger partial charge is 0.306 e. The summed E-state index contributed by atoms with van der Waals surface area (Å²) in [6.07, 6.45) is 2.84. The molecule has 0 aliphatic carbocycles. The number of rotatable bonds is 8. The monoisotopic (exact) mass is 230 g/mol. The maximum atomic E-state index is 10.8. The Morgan fingerprint density at radius 2 is 2.06 bits per heavy atom. The van der Waals surface area contributed by atoms with E-state index in [0.717, 1.165) is 12.0 Å². The van der Waals surface area contributed by atoms with Crippen LogP contribution in [0.2, 0.25) is 0 Å². The van der Waals surface area contributed by atoms with Gasteiger partial charge in [0.15, 0.2) is 0 Å². The maximum Gasteiger partial charge on any atom is 0.306 e. The van der Waals surface area contributed by atoms with Gasteiger partial charge in [-0.1, -0.05) is 26.8 Å². The van der Waals surface area contributed by atoms with Crippen molar-refractivity contribution in [2.24, 2.45) is 11.8 Å². The first-order valence-electron chi connectivity index (χ1n) is 5.51. The van der Waals surface area contributed by atoms with Gasteiger partial charge in [0.05, 0.1) is 12.5 Å². The third-order valence-corrected chi connectivity index (χ3v) is 2.62. The second-order valence-corrected chi connectivity index (χ2v) is 3.92. The highest BCUT2D eigenvalue weighted by Gasteiger charge is 2.17. The topological polar surface area (TPSA) is 55.8 Å². The summed E-state index contributed by atoms with van der Waals surface area (Å²) in [5.41, 5.74) is 1.11. The van der Waals surface area contributed by atoms with Crippen LogP contribution in [0, 0.1) is 11.8 Å². The van der Waals surface area contributed by atoms with Gasteiger partial charge in [-0.25, -0.2) is 0 Å². The molecule has 16 heavy (non-hydrogen) atoms. The molecule has 0 spiro atoms. The average molecular weight is 230 g/mol. The molecule has 0 heterocycles. The Morgan fingerprint density at radius 3 is 2.50 bits per heavy atom. The molecule has 0 aromatic heterocycles. The highest BCUT2D eigenvalue weighted by molar-refractivity contribution is 5.70. The first-order valence-corrected chi connectivity index (χ1v) is 5.51. The largest absolute Gasteiger partial charge is 0.481 e. The molecule has 2 unspecified atom stereocenters. The first kappa shape index (κ1) is 15.1. The van der Waals surface area contributed by atoms with Gasteiger partial charge >= 0.3 is 5.97 Å². The van der Waals surface area contributed by atoms with Crippen LogP contribution in [0.5, 0.6) is 0 Å². The van der Waals surface area contributed by atoms with Gasteiger partial charge in [0.2, 0.25) is 0 Å². The summed E-state index contributed by atoms with van der Waals surface area (Å²) in [6.45, 7) is 6.42. The second-order valence-electron chi connectivity index (χ2n) is 3.92. The fraction of sp³-hybridized carbons (Fsp3) is 0.750. The lowest BCUT2D eigenvalue weighted by Gasteiger charge is -2.14. The normalized spacial score (nSPS) is 15.9. The second kappa shape index (κ2) is 8.30. The van der Waals surface area contributed by atoms with Gasteiger partial charge in [0, 0.05) is 7.11 Å².